The van der Waals surface area contributed by atoms with Crippen LogP contribution >= 0.6 is 11.6 Å². The lowest BCUT2D eigenvalue weighted by Crippen LogP contribution is -2.11. The van der Waals surface area contributed by atoms with Crippen molar-refractivity contribution in [2.75, 3.05) is 0 Å². The van der Waals surface area contributed by atoms with Gasteiger partial charge in [0.15, 0.2) is 0 Å². The quantitative estimate of drug-likeness (QED) is 0.501. The number of benzene rings is 3. The normalized spacial score (nSPS) is 11.6. The van der Waals surface area contributed by atoms with Crippen LogP contribution in [0.5, 0.6) is 0 Å². The van der Waals surface area contributed by atoms with Crippen molar-refractivity contribution in [1.29, 1.82) is 0 Å². The van der Waals surface area contributed by atoms with Gasteiger partial charge in [0.2, 0.25) is 5.91 Å². The fourth-order valence-corrected chi connectivity index (χ4v) is 3.81. The first-order chi connectivity index (χ1) is 13.0. The lowest BCUT2D eigenvalue weighted by Gasteiger charge is -2.10. The van der Waals surface area contributed by atoms with Crippen molar-refractivity contribution in [3.63, 3.8) is 0 Å². The van der Waals surface area contributed by atoms with Crippen molar-refractivity contribution in [3.05, 3.63) is 82.4 Å². The molecule has 0 atom stereocenters. The van der Waals surface area contributed by atoms with Gasteiger partial charge in [0.05, 0.1) is 11.0 Å². The van der Waals surface area contributed by atoms with Gasteiger partial charge in [0.1, 0.15) is 0 Å². The molecule has 1 aromatic heterocycles. The number of halogens is 1. The Morgan fingerprint density at radius 3 is 2.63 bits per heavy atom. The SMILES string of the molecule is CC(C)c1c[c]c2c3c(C(N)=O)cccc3n(Cc3cccc(Cl)c3)c2c1. The molecule has 2 N–H and O–H groups in total. The highest BCUT2D eigenvalue weighted by atomic mass is 35.5. The molecule has 0 fully saturated rings. The number of fused-ring (bicyclic) bond motifs is 3. The zero-order valence-corrected chi connectivity index (χ0v) is 16.0. The van der Waals surface area contributed by atoms with Crippen molar-refractivity contribution >= 4 is 39.3 Å². The number of rotatable bonds is 4. The Morgan fingerprint density at radius 1 is 1.15 bits per heavy atom. The fourth-order valence-electron chi connectivity index (χ4n) is 3.60. The zero-order valence-electron chi connectivity index (χ0n) is 15.3. The standard InChI is InChI=1S/C23H20ClN2O/c1-14(2)16-9-10-18-21(12-16)26(13-15-5-3-6-17(24)11-15)20-8-4-7-19(22(18)20)23(25)27/h3-9,11-12,14H,13H2,1-2H3,(H2,25,27). The van der Waals surface area contributed by atoms with Crippen molar-refractivity contribution in [2.45, 2.75) is 26.3 Å². The van der Waals surface area contributed by atoms with E-state index in [-0.39, 0.29) is 0 Å². The highest BCUT2D eigenvalue weighted by Gasteiger charge is 2.17. The van der Waals surface area contributed by atoms with Crippen LogP contribution in [0.25, 0.3) is 21.8 Å². The summed E-state index contributed by atoms with van der Waals surface area (Å²) >= 11 is 6.18. The molecule has 4 aromatic rings. The van der Waals surface area contributed by atoms with Gasteiger partial charge in [-0.1, -0.05) is 49.7 Å². The molecule has 0 saturated carbocycles. The van der Waals surface area contributed by atoms with Crippen LogP contribution in [-0.4, -0.2) is 10.5 Å². The van der Waals surface area contributed by atoms with Gasteiger partial charge in [-0.2, -0.15) is 0 Å². The van der Waals surface area contributed by atoms with E-state index in [1.54, 1.807) is 6.07 Å². The van der Waals surface area contributed by atoms with E-state index in [4.69, 9.17) is 17.3 Å². The molecule has 1 heterocycles. The summed E-state index contributed by atoms with van der Waals surface area (Å²) in [6.07, 6.45) is 0. The predicted molar refractivity (Wildman–Crippen MR) is 111 cm³/mol. The first-order valence-corrected chi connectivity index (χ1v) is 9.34. The van der Waals surface area contributed by atoms with Gasteiger partial charge < -0.3 is 10.3 Å². The Bertz CT molecular complexity index is 1170. The minimum absolute atomic E-state index is 0.388. The van der Waals surface area contributed by atoms with Gasteiger partial charge in [-0.05, 0) is 53.4 Å². The van der Waals surface area contributed by atoms with Gasteiger partial charge in [0, 0.05) is 27.9 Å². The third kappa shape index (κ3) is 3.08. The summed E-state index contributed by atoms with van der Waals surface area (Å²) in [7, 11) is 0. The van der Waals surface area contributed by atoms with Gasteiger partial charge in [-0.25, -0.2) is 0 Å². The molecule has 0 saturated heterocycles. The molecule has 3 aromatic carbocycles. The minimum atomic E-state index is -0.427. The van der Waals surface area contributed by atoms with Crippen molar-refractivity contribution in [1.82, 2.24) is 4.57 Å². The van der Waals surface area contributed by atoms with Gasteiger partial charge in [-0.15, -0.1) is 0 Å². The first-order valence-electron chi connectivity index (χ1n) is 8.96. The molecule has 0 aliphatic carbocycles. The van der Waals surface area contributed by atoms with Crippen LogP contribution < -0.4 is 5.73 Å². The third-order valence-electron chi connectivity index (χ3n) is 4.98. The van der Waals surface area contributed by atoms with Crippen LogP contribution in [0.4, 0.5) is 0 Å². The van der Waals surface area contributed by atoms with Crippen LogP contribution in [0.2, 0.25) is 5.02 Å². The second-order valence-electron chi connectivity index (χ2n) is 7.13. The lowest BCUT2D eigenvalue weighted by atomic mass is 10.00. The number of carbonyl (C=O) groups excluding carboxylic acids is 1. The van der Waals surface area contributed by atoms with Gasteiger partial charge >= 0.3 is 0 Å². The molecule has 1 amide bonds. The molecule has 27 heavy (non-hydrogen) atoms. The summed E-state index contributed by atoms with van der Waals surface area (Å²) in [5, 5.41) is 2.49. The molecule has 0 aliphatic rings. The Labute approximate surface area is 163 Å². The topological polar surface area (TPSA) is 48.0 Å². The monoisotopic (exact) mass is 375 g/mol. The molecule has 0 aliphatic heterocycles. The summed E-state index contributed by atoms with van der Waals surface area (Å²) in [5.74, 6) is -0.0392. The smallest absolute Gasteiger partial charge is 0.249 e. The van der Waals surface area contributed by atoms with E-state index in [9.17, 15) is 4.79 Å². The number of carbonyl (C=O) groups is 1. The lowest BCUT2D eigenvalue weighted by molar-refractivity contribution is 0.100. The highest BCUT2D eigenvalue weighted by Crippen LogP contribution is 2.34. The Hall–Kier alpha value is -2.78. The average Bonchev–Trinajstić information content (AvgIpc) is 2.95. The van der Waals surface area contributed by atoms with E-state index in [2.05, 4.69) is 36.6 Å². The van der Waals surface area contributed by atoms with E-state index in [1.165, 1.54) is 5.56 Å². The van der Waals surface area contributed by atoms with Crippen LogP contribution in [-0.2, 0) is 6.54 Å². The number of amides is 1. The van der Waals surface area contributed by atoms with E-state index < -0.39 is 5.91 Å². The van der Waals surface area contributed by atoms with Crippen LogP contribution in [0.1, 0.15) is 41.3 Å². The predicted octanol–water partition coefficient (Wildman–Crippen LogP) is 5.52. The number of hydrogen-bond acceptors (Lipinski definition) is 1. The number of aromatic nitrogens is 1. The molecule has 0 spiro atoms. The third-order valence-corrected chi connectivity index (χ3v) is 5.21. The maximum Gasteiger partial charge on any atom is 0.249 e. The Balaban J connectivity index is 2.05. The summed E-state index contributed by atoms with van der Waals surface area (Å²) in [4.78, 5) is 12.0. The summed E-state index contributed by atoms with van der Waals surface area (Å²) < 4.78 is 2.21. The van der Waals surface area contributed by atoms with E-state index >= 15 is 0 Å². The fraction of sp³-hybridized carbons (Fsp3) is 0.174. The van der Waals surface area contributed by atoms with E-state index in [1.807, 2.05) is 36.4 Å². The minimum Gasteiger partial charge on any atom is -0.366 e. The maximum absolute atomic E-state index is 12.0. The summed E-state index contributed by atoms with van der Waals surface area (Å²) in [6, 6.07) is 21.1. The Morgan fingerprint density at radius 2 is 1.93 bits per heavy atom. The van der Waals surface area contributed by atoms with Crippen LogP contribution in [0, 0.1) is 6.07 Å². The van der Waals surface area contributed by atoms with E-state index in [0.717, 1.165) is 27.4 Å². The molecule has 4 rings (SSSR count). The second-order valence-corrected chi connectivity index (χ2v) is 7.56. The second kappa shape index (κ2) is 6.75. The molecule has 3 nitrogen and oxygen atoms in total. The Kier molecular flexibility index (Phi) is 4.40. The molecule has 1 radical (unpaired) electrons. The number of nitrogens with zero attached hydrogens (tertiary/aromatic N) is 1. The maximum atomic E-state index is 12.0. The summed E-state index contributed by atoms with van der Waals surface area (Å²) in [5.41, 5.74) is 10.5. The molecule has 0 bridgehead atoms. The molecule has 0 unspecified atom stereocenters. The molecular weight excluding hydrogens is 356 g/mol. The van der Waals surface area contributed by atoms with Crippen molar-refractivity contribution in [2.24, 2.45) is 5.73 Å². The number of primary amides is 1. The zero-order chi connectivity index (χ0) is 19.1. The molecular formula is C23H20ClN2O. The first kappa shape index (κ1) is 17.6. The van der Waals surface area contributed by atoms with E-state index in [0.29, 0.717) is 23.0 Å². The van der Waals surface area contributed by atoms with Gasteiger partial charge in [-0.3, -0.25) is 4.79 Å². The average molecular weight is 376 g/mol. The summed E-state index contributed by atoms with van der Waals surface area (Å²) in [6.45, 7) is 4.97. The largest absolute Gasteiger partial charge is 0.366 e. The molecule has 4 heteroatoms. The van der Waals surface area contributed by atoms with Crippen LogP contribution in [0.3, 0.4) is 0 Å². The van der Waals surface area contributed by atoms with Gasteiger partial charge in [0.25, 0.3) is 0 Å². The van der Waals surface area contributed by atoms with Crippen molar-refractivity contribution < 1.29 is 4.79 Å². The highest BCUT2D eigenvalue weighted by molar-refractivity contribution is 6.30. The number of hydrogen-bond donors (Lipinski definition) is 1. The van der Waals surface area contributed by atoms with Crippen molar-refractivity contribution in [3.8, 4) is 0 Å². The molecule has 135 valence electrons. The van der Waals surface area contributed by atoms with Crippen LogP contribution in [0.15, 0.2) is 54.6 Å². The number of nitrogens with two attached hydrogens (primary N) is 1.